The number of rotatable bonds is 6. The number of carbonyl (C=O) groups is 1. The Morgan fingerprint density at radius 1 is 0.969 bits per heavy atom. The minimum absolute atomic E-state index is 0.106. The summed E-state index contributed by atoms with van der Waals surface area (Å²) in [5.74, 6) is -0.106. The molecule has 2 N–H and O–H groups in total. The maximum atomic E-state index is 12.9. The monoisotopic (exact) mass is 423 g/mol. The number of amides is 1. The van der Waals surface area contributed by atoms with Crippen LogP contribution in [0, 0.1) is 0 Å². The molecule has 0 unspecified atom stereocenters. The van der Waals surface area contributed by atoms with Gasteiger partial charge in [0.05, 0.1) is 30.6 Å². The normalized spacial score (nSPS) is 11.1. The average molecular weight is 423 g/mol. The molecule has 0 aliphatic carbocycles. The van der Waals surface area contributed by atoms with Crippen molar-refractivity contribution in [2.45, 2.75) is 19.5 Å². The first-order chi connectivity index (χ1) is 15.7. The van der Waals surface area contributed by atoms with E-state index in [2.05, 4.69) is 20.4 Å². The van der Waals surface area contributed by atoms with Gasteiger partial charge in [-0.15, -0.1) is 0 Å². The summed E-state index contributed by atoms with van der Waals surface area (Å²) in [6.07, 6.45) is 5.53. The zero-order chi connectivity index (χ0) is 21.9. The quantitative estimate of drug-likeness (QED) is 0.439. The second kappa shape index (κ2) is 8.47. The molecule has 0 saturated heterocycles. The van der Waals surface area contributed by atoms with Crippen LogP contribution < -0.4 is 10.9 Å². The third-order valence-corrected chi connectivity index (χ3v) is 5.48. The van der Waals surface area contributed by atoms with E-state index >= 15 is 0 Å². The lowest BCUT2D eigenvalue weighted by Gasteiger charge is -2.12. The maximum absolute atomic E-state index is 12.9. The zero-order valence-electron chi connectivity index (χ0n) is 17.3. The predicted octanol–water partition coefficient (Wildman–Crippen LogP) is 3.18. The van der Waals surface area contributed by atoms with Gasteiger partial charge < -0.3 is 10.3 Å². The van der Waals surface area contributed by atoms with Gasteiger partial charge in [0.25, 0.3) is 5.56 Å². The Kier molecular flexibility index (Phi) is 5.21. The lowest BCUT2D eigenvalue weighted by atomic mass is 10.1. The molecular weight excluding hydrogens is 402 g/mol. The van der Waals surface area contributed by atoms with Crippen molar-refractivity contribution in [2.75, 3.05) is 0 Å². The summed E-state index contributed by atoms with van der Waals surface area (Å²) < 4.78 is 1.43. The van der Waals surface area contributed by atoms with Gasteiger partial charge in [-0.2, -0.15) is 5.10 Å². The zero-order valence-corrected chi connectivity index (χ0v) is 17.3. The van der Waals surface area contributed by atoms with Crippen LogP contribution in [-0.4, -0.2) is 25.7 Å². The standard InChI is InChI=1S/C25H21N5O2/c31-24(12-18-14-27-22-10-4-3-7-19(18)22)28-15-23-20-8-1-2-9-21(20)25(32)30(29-23)16-17-6-5-11-26-13-17/h1-11,13-14,27H,12,15-16H2,(H,28,31). The molecule has 0 radical (unpaired) electrons. The Hall–Kier alpha value is -4.26. The molecule has 7 heteroatoms. The Morgan fingerprint density at radius 3 is 2.56 bits per heavy atom. The van der Waals surface area contributed by atoms with Crippen LogP contribution in [0.1, 0.15) is 16.8 Å². The average Bonchev–Trinajstić information content (AvgIpc) is 3.23. The van der Waals surface area contributed by atoms with E-state index in [-0.39, 0.29) is 24.4 Å². The van der Waals surface area contributed by atoms with E-state index in [1.165, 1.54) is 4.68 Å². The Bertz CT molecular complexity index is 1470. The summed E-state index contributed by atoms with van der Waals surface area (Å²) >= 11 is 0. The van der Waals surface area contributed by atoms with E-state index < -0.39 is 0 Å². The maximum Gasteiger partial charge on any atom is 0.274 e. The molecule has 0 spiro atoms. The van der Waals surface area contributed by atoms with E-state index in [9.17, 15) is 9.59 Å². The van der Waals surface area contributed by atoms with Crippen molar-refractivity contribution < 1.29 is 4.79 Å². The van der Waals surface area contributed by atoms with Crippen LogP contribution in [0.2, 0.25) is 0 Å². The molecule has 0 aliphatic heterocycles. The van der Waals surface area contributed by atoms with Crippen LogP contribution in [-0.2, 0) is 24.3 Å². The molecule has 3 heterocycles. The molecule has 158 valence electrons. The van der Waals surface area contributed by atoms with E-state index in [4.69, 9.17) is 0 Å². The van der Waals surface area contributed by atoms with Gasteiger partial charge in [-0.05, 0) is 29.3 Å². The number of nitrogens with zero attached hydrogens (tertiary/aromatic N) is 3. The van der Waals surface area contributed by atoms with E-state index in [1.54, 1.807) is 18.5 Å². The number of pyridine rings is 1. The highest BCUT2D eigenvalue weighted by Gasteiger charge is 2.13. The minimum atomic E-state index is -0.168. The first kappa shape index (κ1) is 19.7. The molecule has 5 aromatic rings. The van der Waals surface area contributed by atoms with Crippen molar-refractivity contribution in [3.8, 4) is 0 Å². The van der Waals surface area contributed by atoms with Crippen LogP contribution in [0.5, 0.6) is 0 Å². The van der Waals surface area contributed by atoms with Crippen LogP contribution in [0.15, 0.2) is 84.0 Å². The van der Waals surface area contributed by atoms with Gasteiger partial charge in [-0.1, -0.05) is 42.5 Å². The van der Waals surface area contributed by atoms with Crippen LogP contribution >= 0.6 is 0 Å². The van der Waals surface area contributed by atoms with Crippen LogP contribution in [0.3, 0.4) is 0 Å². The molecule has 0 fully saturated rings. The van der Waals surface area contributed by atoms with Crippen LogP contribution in [0.25, 0.3) is 21.7 Å². The fourth-order valence-electron chi connectivity index (χ4n) is 3.90. The molecule has 5 rings (SSSR count). The second-order valence-corrected chi connectivity index (χ2v) is 7.63. The van der Waals surface area contributed by atoms with Gasteiger partial charge in [0, 0.05) is 34.9 Å². The number of benzene rings is 2. The number of hydrogen-bond acceptors (Lipinski definition) is 4. The van der Waals surface area contributed by atoms with Crippen molar-refractivity contribution in [3.05, 3.63) is 106 Å². The van der Waals surface area contributed by atoms with Gasteiger partial charge in [0.2, 0.25) is 5.91 Å². The predicted molar refractivity (Wildman–Crippen MR) is 123 cm³/mol. The number of para-hydroxylation sites is 1. The third-order valence-electron chi connectivity index (χ3n) is 5.48. The topological polar surface area (TPSA) is 92.7 Å². The number of aromatic amines is 1. The fraction of sp³-hybridized carbons (Fsp3) is 0.120. The number of carbonyl (C=O) groups excluding carboxylic acids is 1. The lowest BCUT2D eigenvalue weighted by molar-refractivity contribution is -0.120. The molecule has 0 bridgehead atoms. The summed E-state index contributed by atoms with van der Waals surface area (Å²) in [5.41, 5.74) is 3.31. The van der Waals surface area contributed by atoms with E-state index in [0.29, 0.717) is 17.6 Å². The SMILES string of the molecule is O=C(Cc1c[nH]c2ccccc12)NCc1nn(Cc2cccnc2)c(=O)c2ccccc12. The molecule has 2 aromatic carbocycles. The molecule has 1 amide bonds. The molecular formula is C25H21N5O2. The Labute approximate surface area is 183 Å². The lowest BCUT2D eigenvalue weighted by Crippen LogP contribution is -2.29. The number of fused-ring (bicyclic) bond motifs is 2. The third kappa shape index (κ3) is 3.88. The molecule has 32 heavy (non-hydrogen) atoms. The van der Waals surface area contributed by atoms with E-state index in [0.717, 1.165) is 27.4 Å². The van der Waals surface area contributed by atoms with Crippen molar-refractivity contribution >= 4 is 27.6 Å². The summed E-state index contributed by atoms with van der Waals surface area (Å²) in [6, 6.07) is 19.0. The fourth-order valence-corrected chi connectivity index (χ4v) is 3.90. The highest BCUT2D eigenvalue weighted by Crippen LogP contribution is 2.18. The van der Waals surface area contributed by atoms with Gasteiger partial charge in [0.15, 0.2) is 0 Å². The molecule has 7 nitrogen and oxygen atoms in total. The Balaban J connectivity index is 1.40. The molecule has 0 saturated carbocycles. The number of aromatic nitrogens is 4. The number of H-pyrrole nitrogens is 1. The smallest absolute Gasteiger partial charge is 0.274 e. The van der Waals surface area contributed by atoms with Gasteiger partial charge in [0.1, 0.15) is 0 Å². The van der Waals surface area contributed by atoms with Crippen molar-refractivity contribution in [2.24, 2.45) is 0 Å². The number of hydrogen-bond donors (Lipinski definition) is 2. The highest BCUT2D eigenvalue weighted by atomic mass is 16.1. The van der Waals surface area contributed by atoms with Gasteiger partial charge in [-0.3, -0.25) is 14.6 Å². The first-order valence-corrected chi connectivity index (χ1v) is 10.4. The molecule has 0 atom stereocenters. The summed E-state index contributed by atoms with van der Waals surface area (Å²) in [5, 5.41) is 9.89. The van der Waals surface area contributed by atoms with Crippen molar-refractivity contribution in [1.29, 1.82) is 0 Å². The summed E-state index contributed by atoms with van der Waals surface area (Å²) in [4.78, 5) is 32.9. The first-order valence-electron chi connectivity index (χ1n) is 10.4. The Morgan fingerprint density at radius 2 is 1.75 bits per heavy atom. The summed E-state index contributed by atoms with van der Waals surface area (Å²) in [7, 11) is 0. The number of nitrogens with one attached hydrogen (secondary N) is 2. The van der Waals surface area contributed by atoms with Crippen molar-refractivity contribution in [3.63, 3.8) is 0 Å². The van der Waals surface area contributed by atoms with Gasteiger partial charge >= 0.3 is 0 Å². The van der Waals surface area contributed by atoms with Crippen molar-refractivity contribution in [1.82, 2.24) is 25.1 Å². The van der Waals surface area contributed by atoms with E-state index in [1.807, 2.05) is 60.8 Å². The molecule has 0 aliphatic rings. The highest BCUT2D eigenvalue weighted by molar-refractivity contribution is 5.89. The minimum Gasteiger partial charge on any atom is -0.361 e. The largest absolute Gasteiger partial charge is 0.361 e. The molecule has 3 aromatic heterocycles. The summed E-state index contributed by atoms with van der Waals surface area (Å²) in [6.45, 7) is 0.544. The van der Waals surface area contributed by atoms with Gasteiger partial charge in [-0.25, -0.2) is 4.68 Å². The van der Waals surface area contributed by atoms with Crippen LogP contribution in [0.4, 0.5) is 0 Å². The second-order valence-electron chi connectivity index (χ2n) is 7.63.